The van der Waals surface area contributed by atoms with Crippen LogP contribution >= 0.6 is 0 Å². The van der Waals surface area contributed by atoms with Crippen LogP contribution in [0, 0.1) is 11.7 Å². The van der Waals surface area contributed by atoms with Crippen molar-refractivity contribution in [3.63, 3.8) is 0 Å². The highest BCUT2D eigenvalue weighted by Gasteiger charge is 2.25. The number of benzene rings is 1. The predicted molar refractivity (Wildman–Crippen MR) is 92.9 cm³/mol. The number of rotatable bonds is 7. The van der Waals surface area contributed by atoms with Gasteiger partial charge in [0.1, 0.15) is 18.4 Å². The van der Waals surface area contributed by atoms with Crippen molar-refractivity contribution in [3.8, 4) is 11.3 Å². The maximum absolute atomic E-state index is 13.0. The van der Waals surface area contributed by atoms with Crippen LogP contribution in [0.15, 0.2) is 41.2 Å². The van der Waals surface area contributed by atoms with Gasteiger partial charge < -0.3 is 10.4 Å². The van der Waals surface area contributed by atoms with Gasteiger partial charge in [-0.05, 0) is 36.2 Å². The fourth-order valence-electron chi connectivity index (χ4n) is 2.38. The number of hydrogen-bond donors (Lipinski definition) is 2. The Morgan fingerprint density at radius 3 is 2.46 bits per heavy atom. The largest absolute Gasteiger partial charge is 0.480 e. The van der Waals surface area contributed by atoms with Crippen LogP contribution in [-0.2, 0) is 16.1 Å². The Morgan fingerprint density at radius 2 is 1.88 bits per heavy atom. The van der Waals surface area contributed by atoms with Crippen LogP contribution in [0.5, 0.6) is 0 Å². The van der Waals surface area contributed by atoms with Crippen molar-refractivity contribution >= 4 is 11.9 Å². The summed E-state index contributed by atoms with van der Waals surface area (Å²) >= 11 is 0. The normalized spacial score (nSPS) is 13.0. The van der Waals surface area contributed by atoms with E-state index < -0.39 is 35.8 Å². The van der Waals surface area contributed by atoms with E-state index in [2.05, 4.69) is 10.4 Å². The average molecular weight is 361 g/mol. The molecule has 138 valence electrons. The third-order valence-corrected chi connectivity index (χ3v) is 4.10. The smallest absolute Gasteiger partial charge is 0.326 e. The van der Waals surface area contributed by atoms with Gasteiger partial charge in [-0.15, -0.1) is 0 Å². The molecule has 1 aromatic heterocycles. The van der Waals surface area contributed by atoms with Crippen molar-refractivity contribution < 1.29 is 19.1 Å². The molecule has 2 atom stereocenters. The number of nitrogens with zero attached hydrogens (tertiary/aromatic N) is 2. The van der Waals surface area contributed by atoms with Gasteiger partial charge in [0.15, 0.2) is 0 Å². The van der Waals surface area contributed by atoms with E-state index in [1.54, 1.807) is 6.92 Å². The fourth-order valence-corrected chi connectivity index (χ4v) is 2.38. The minimum atomic E-state index is -1.13. The zero-order valence-corrected chi connectivity index (χ0v) is 14.5. The van der Waals surface area contributed by atoms with Crippen LogP contribution in [0.1, 0.15) is 20.3 Å². The molecule has 8 heteroatoms. The molecular weight excluding hydrogens is 341 g/mol. The second kappa shape index (κ2) is 8.37. The van der Waals surface area contributed by atoms with Crippen molar-refractivity contribution in [3.05, 3.63) is 52.6 Å². The van der Waals surface area contributed by atoms with Gasteiger partial charge in [0.05, 0.1) is 5.69 Å². The van der Waals surface area contributed by atoms with Crippen molar-refractivity contribution in [2.24, 2.45) is 5.92 Å². The number of carbonyl (C=O) groups is 2. The van der Waals surface area contributed by atoms with E-state index in [4.69, 9.17) is 0 Å². The van der Waals surface area contributed by atoms with Crippen LogP contribution in [-0.4, -0.2) is 32.8 Å². The molecule has 26 heavy (non-hydrogen) atoms. The summed E-state index contributed by atoms with van der Waals surface area (Å²) in [5, 5.41) is 15.8. The van der Waals surface area contributed by atoms with E-state index in [0.717, 1.165) is 4.68 Å². The van der Waals surface area contributed by atoms with Crippen LogP contribution < -0.4 is 10.9 Å². The quantitative estimate of drug-likeness (QED) is 0.781. The first-order chi connectivity index (χ1) is 12.3. The highest BCUT2D eigenvalue weighted by atomic mass is 19.1. The number of aromatic nitrogens is 2. The summed E-state index contributed by atoms with van der Waals surface area (Å²) in [7, 11) is 0. The highest BCUT2D eigenvalue weighted by Crippen LogP contribution is 2.15. The lowest BCUT2D eigenvalue weighted by atomic mass is 9.99. The van der Waals surface area contributed by atoms with Gasteiger partial charge in [-0.25, -0.2) is 13.9 Å². The lowest BCUT2D eigenvalue weighted by Gasteiger charge is -2.20. The molecule has 0 aliphatic rings. The molecule has 0 saturated carbocycles. The number of carbonyl (C=O) groups excluding carboxylic acids is 1. The molecule has 2 aromatic rings. The molecule has 1 amide bonds. The molecule has 1 aromatic carbocycles. The molecule has 0 aliphatic carbocycles. The monoisotopic (exact) mass is 361 g/mol. The second-order valence-corrected chi connectivity index (χ2v) is 5.99. The standard InChI is InChI=1S/C18H20FN3O4/c1-3-11(2)17(18(25)26)20-15(23)10-22-16(24)9-8-14(21-22)12-4-6-13(19)7-5-12/h4-9,11,17H,3,10H2,1-2H3,(H,20,23)(H,25,26)/t11-,17+/m0/s1. The number of amides is 1. The number of halogens is 1. The molecule has 0 spiro atoms. The molecular formula is C18H20FN3O4. The van der Waals surface area contributed by atoms with E-state index >= 15 is 0 Å². The molecule has 0 saturated heterocycles. The Kier molecular flexibility index (Phi) is 6.21. The fraction of sp³-hybridized carbons (Fsp3) is 0.333. The minimum absolute atomic E-state index is 0.258. The molecule has 2 N–H and O–H groups in total. The molecule has 0 radical (unpaired) electrons. The lowest BCUT2D eigenvalue weighted by Crippen LogP contribution is -2.47. The van der Waals surface area contributed by atoms with Crippen LogP contribution in [0.25, 0.3) is 11.3 Å². The van der Waals surface area contributed by atoms with E-state index in [0.29, 0.717) is 17.7 Å². The minimum Gasteiger partial charge on any atom is -0.480 e. The third kappa shape index (κ3) is 4.75. The zero-order valence-electron chi connectivity index (χ0n) is 14.5. The molecule has 2 rings (SSSR count). The predicted octanol–water partition coefficient (Wildman–Crippen LogP) is 1.66. The Hall–Kier alpha value is -3.03. The van der Waals surface area contributed by atoms with Crippen molar-refractivity contribution in [2.75, 3.05) is 0 Å². The SMILES string of the molecule is CC[C@H](C)[C@@H](NC(=O)Cn1nc(-c2ccc(F)cc2)ccc1=O)C(=O)O. The summed E-state index contributed by atoms with van der Waals surface area (Å²) in [4.78, 5) is 35.4. The second-order valence-electron chi connectivity index (χ2n) is 5.99. The molecule has 7 nitrogen and oxygen atoms in total. The van der Waals surface area contributed by atoms with Gasteiger partial charge in [-0.3, -0.25) is 9.59 Å². The average Bonchev–Trinajstić information content (AvgIpc) is 2.61. The van der Waals surface area contributed by atoms with Gasteiger partial charge in [0.25, 0.3) is 5.56 Å². The van der Waals surface area contributed by atoms with Gasteiger partial charge in [-0.1, -0.05) is 20.3 Å². The topological polar surface area (TPSA) is 101 Å². The summed E-state index contributed by atoms with van der Waals surface area (Å²) < 4.78 is 14.0. The van der Waals surface area contributed by atoms with E-state index in [1.165, 1.54) is 36.4 Å². The Morgan fingerprint density at radius 1 is 1.23 bits per heavy atom. The summed E-state index contributed by atoms with van der Waals surface area (Å²) in [6.07, 6.45) is 0.579. The highest BCUT2D eigenvalue weighted by molar-refractivity contribution is 5.83. The Bertz CT molecular complexity index is 848. The number of carboxylic acids is 1. The Labute approximate surface area is 149 Å². The van der Waals surface area contributed by atoms with Crippen molar-refractivity contribution in [2.45, 2.75) is 32.9 Å². The first-order valence-electron chi connectivity index (χ1n) is 8.18. The summed E-state index contributed by atoms with van der Waals surface area (Å²) in [6.45, 7) is 3.14. The number of aliphatic carboxylic acids is 1. The first kappa shape index (κ1) is 19.3. The maximum atomic E-state index is 13.0. The molecule has 0 bridgehead atoms. The van der Waals surface area contributed by atoms with Gasteiger partial charge in [-0.2, -0.15) is 5.10 Å². The summed E-state index contributed by atoms with van der Waals surface area (Å²) in [6, 6.07) is 7.24. The number of carboxylic acid groups (broad SMARTS) is 1. The first-order valence-corrected chi connectivity index (χ1v) is 8.18. The summed E-state index contributed by atoms with van der Waals surface area (Å²) in [5.74, 6) is -2.41. The number of hydrogen-bond acceptors (Lipinski definition) is 4. The van der Waals surface area contributed by atoms with Crippen molar-refractivity contribution in [1.82, 2.24) is 15.1 Å². The van der Waals surface area contributed by atoms with Crippen LogP contribution in [0.2, 0.25) is 0 Å². The maximum Gasteiger partial charge on any atom is 0.326 e. The number of nitrogens with one attached hydrogen (secondary N) is 1. The third-order valence-electron chi connectivity index (χ3n) is 4.10. The molecule has 1 heterocycles. The molecule has 0 aliphatic heterocycles. The van der Waals surface area contributed by atoms with Gasteiger partial charge >= 0.3 is 5.97 Å². The van der Waals surface area contributed by atoms with E-state index in [1.807, 2.05) is 6.92 Å². The molecule has 0 fully saturated rings. The van der Waals surface area contributed by atoms with E-state index in [-0.39, 0.29) is 5.92 Å². The zero-order chi connectivity index (χ0) is 19.3. The van der Waals surface area contributed by atoms with E-state index in [9.17, 15) is 23.9 Å². The van der Waals surface area contributed by atoms with Crippen LogP contribution in [0.3, 0.4) is 0 Å². The van der Waals surface area contributed by atoms with Crippen molar-refractivity contribution in [1.29, 1.82) is 0 Å². The summed E-state index contributed by atoms with van der Waals surface area (Å²) in [5.41, 5.74) is 0.485. The Balaban J connectivity index is 2.19. The van der Waals surface area contributed by atoms with Gasteiger partial charge in [0.2, 0.25) is 5.91 Å². The van der Waals surface area contributed by atoms with Gasteiger partial charge in [0, 0.05) is 11.6 Å². The van der Waals surface area contributed by atoms with Crippen LogP contribution in [0.4, 0.5) is 4.39 Å². The molecule has 0 unspecified atom stereocenters. The lowest BCUT2D eigenvalue weighted by molar-refractivity contribution is -0.143.